The van der Waals surface area contributed by atoms with Gasteiger partial charge in [-0.1, -0.05) is 50.2 Å². The number of fused-ring (bicyclic) bond motifs is 2. The highest BCUT2D eigenvalue weighted by atomic mass is 32.1. The van der Waals surface area contributed by atoms with Gasteiger partial charge in [-0.05, 0) is 51.9 Å². The Labute approximate surface area is 236 Å². The molecule has 0 fully saturated rings. The second kappa shape index (κ2) is 11.6. The summed E-state index contributed by atoms with van der Waals surface area (Å²) in [5.74, 6) is 2.35. The highest BCUT2D eigenvalue weighted by Gasteiger charge is 2.30. The lowest BCUT2D eigenvalue weighted by Gasteiger charge is -2.33. The Hall–Kier alpha value is -4.02. The maximum Gasteiger partial charge on any atom is 0.252 e. The molecule has 3 aromatic heterocycles. The fourth-order valence-electron chi connectivity index (χ4n) is 5.32. The number of aromatic nitrogens is 5. The summed E-state index contributed by atoms with van der Waals surface area (Å²) in [4.78, 5) is 19.9. The molecule has 0 saturated heterocycles. The van der Waals surface area contributed by atoms with Crippen LogP contribution in [0.1, 0.15) is 41.7 Å². The average Bonchev–Trinajstić information content (AvgIpc) is 3.64. The van der Waals surface area contributed by atoms with Crippen LogP contribution in [0.5, 0.6) is 11.5 Å². The number of aromatic amines is 1. The average molecular weight is 557 g/mol. The lowest BCUT2D eigenvalue weighted by Crippen LogP contribution is -2.35. The van der Waals surface area contributed by atoms with Gasteiger partial charge in [0, 0.05) is 41.5 Å². The highest BCUT2D eigenvalue weighted by molar-refractivity contribution is 7.09. The summed E-state index contributed by atoms with van der Waals surface area (Å²) < 4.78 is 13.4. The Morgan fingerprint density at radius 3 is 2.58 bits per heavy atom. The van der Waals surface area contributed by atoms with Gasteiger partial charge in [0.05, 0.1) is 11.6 Å². The zero-order valence-corrected chi connectivity index (χ0v) is 23.4. The molecule has 0 spiro atoms. The predicted octanol–water partition coefficient (Wildman–Crippen LogP) is 4.99. The van der Waals surface area contributed by atoms with E-state index in [1.807, 2.05) is 41.1 Å². The van der Waals surface area contributed by atoms with E-state index in [2.05, 4.69) is 68.9 Å². The number of H-pyrrole nitrogens is 1. The summed E-state index contributed by atoms with van der Waals surface area (Å²) >= 11 is 1.71. The molecular weight excluding hydrogens is 524 g/mol. The molecule has 0 radical (unpaired) electrons. The fraction of sp³-hybridized carbons (Fsp3) is 0.333. The Morgan fingerprint density at radius 2 is 1.82 bits per heavy atom. The Balaban J connectivity index is 1.34. The van der Waals surface area contributed by atoms with Crippen molar-refractivity contribution in [1.29, 1.82) is 0 Å². The van der Waals surface area contributed by atoms with Crippen LogP contribution in [0, 0.1) is 5.92 Å². The second-order valence-corrected chi connectivity index (χ2v) is 11.4. The molecule has 4 heterocycles. The third-order valence-electron chi connectivity index (χ3n) is 7.20. The zero-order valence-electron chi connectivity index (χ0n) is 22.6. The minimum absolute atomic E-state index is 0.108. The van der Waals surface area contributed by atoms with Crippen molar-refractivity contribution < 1.29 is 9.47 Å². The third-order valence-corrected chi connectivity index (χ3v) is 8.06. The summed E-state index contributed by atoms with van der Waals surface area (Å²) in [6.45, 7) is 7.15. The predicted molar refractivity (Wildman–Crippen MR) is 155 cm³/mol. The van der Waals surface area contributed by atoms with E-state index < -0.39 is 0 Å². The first kappa shape index (κ1) is 26.2. The molecule has 1 N–H and O–H groups in total. The lowest BCUT2D eigenvalue weighted by molar-refractivity contribution is 0.127. The molecule has 5 aromatic rings. The Morgan fingerprint density at radius 1 is 1.02 bits per heavy atom. The van der Waals surface area contributed by atoms with Crippen molar-refractivity contribution in [2.75, 3.05) is 13.2 Å². The molecular formula is C30H32N6O3S. The SMILES string of the molecule is CC(C)[C@@H](c1nnnn1CCc1ccccc1)N(Cc1cccs1)Cc1cc2cc3c(cc2[nH]c1=O)OCCO3. The number of thiophene rings is 1. The molecule has 0 saturated carbocycles. The van der Waals surface area contributed by atoms with Crippen LogP contribution >= 0.6 is 11.3 Å². The van der Waals surface area contributed by atoms with Gasteiger partial charge >= 0.3 is 0 Å². The van der Waals surface area contributed by atoms with Gasteiger partial charge < -0.3 is 14.5 Å². The van der Waals surface area contributed by atoms with Crippen LogP contribution in [0.4, 0.5) is 0 Å². The molecule has 1 aliphatic heterocycles. The summed E-state index contributed by atoms with van der Waals surface area (Å²) in [5, 5.41) is 15.9. The molecule has 1 atom stereocenters. The smallest absolute Gasteiger partial charge is 0.252 e. The topological polar surface area (TPSA) is 98.2 Å². The van der Waals surface area contributed by atoms with E-state index in [1.54, 1.807) is 11.3 Å². The molecule has 0 amide bonds. The van der Waals surface area contributed by atoms with E-state index in [0.717, 1.165) is 23.1 Å². The minimum atomic E-state index is -0.119. The van der Waals surface area contributed by atoms with Gasteiger partial charge in [0.25, 0.3) is 5.56 Å². The number of nitrogens with one attached hydrogen (secondary N) is 1. The van der Waals surface area contributed by atoms with Crippen LogP contribution in [-0.2, 0) is 26.1 Å². The molecule has 0 unspecified atom stereocenters. The van der Waals surface area contributed by atoms with Gasteiger partial charge in [0.1, 0.15) is 13.2 Å². The van der Waals surface area contributed by atoms with E-state index >= 15 is 0 Å². The quantitative estimate of drug-likeness (QED) is 0.259. The van der Waals surface area contributed by atoms with Crippen molar-refractivity contribution in [2.24, 2.45) is 5.92 Å². The van der Waals surface area contributed by atoms with Crippen LogP contribution < -0.4 is 15.0 Å². The maximum absolute atomic E-state index is 13.3. The van der Waals surface area contributed by atoms with Gasteiger partial charge in [0.15, 0.2) is 17.3 Å². The zero-order chi connectivity index (χ0) is 27.5. The van der Waals surface area contributed by atoms with Gasteiger partial charge in [-0.3, -0.25) is 9.69 Å². The van der Waals surface area contributed by atoms with Crippen LogP contribution in [0.25, 0.3) is 10.9 Å². The number of hydrogen-bond acceptors (Lipinski definition) is 8. The van der Waals surface area contributed by atoms with Crippen LogP contribution in [0.3, 0.4) is 0 Å². The first-order valence-electron chi connectivity index (χ1n) is 13.6. The van der Waals surface area contributed by atoms with Crippen LogP contribution in [-0.4, -0.2) is 43.3 Å². The number of rotatable bonds is 10. The van der Waals surface area contributed by atoms with E-state index in [-0.39, 0.29) is 17.5 Å². The van der Waals surface area contributed by atoms with Gasteiger partial charge in [-0.25, -0.2) is 4.68 Å². The summed E-state index contributed by atoms with van der Waals surface area (Å²) in [6.07, 6.45) is 0.828. The number of benzene rings is 2. The van der Waals surface area contributed by atoms with Gasteiger partial charge in [-0.15, -0.1) is 16.4 Å². The second-order valence-electron chi connectivity index (χ2n) is 10.4. The lowest BCUT2D eigenvalue weighted by atomic mass is 10.00. The number of nitrogens with zero attached hydrogens (tertiary/aromatic N) is 5. The standard InChI is InChI=1S/C30H32N6O3S/c1-20(2)28(29-32-33-34-36(29)11-10-21-7-4-3-5-8-21)35(19-24-9-6-14-40-24)18-23-15-22-16-26-27(39-13-12-38-26)17-25(22)31-30(23)37/h3-9,14-17,20,28H,10-13,18-19H2,1-2H3,(H,31,37)/t28-/m0/s1. The number of aryl methyl sites for hydroxylation is 2. The minimum Gasteiger partial charge on any atom is -0.486 e. The molecule has 6 rings (SSSR count). The monoisotopic (exact) mass is 556 g/mol. The molecule has 2 aromatic carbocycles. The Kier molecular flexibility index (Phi) is 7.61. The number of hydrogen-bond donors (Lipinski definition) is 1. The largest absolute Gasteiger partial charge is 0.486 e. The first-order chi connectivity index (χ1) is 19.5. The third kappa shape index (κ3) is 5.64. The number of pyridine rings is 1. The van der Waals surface area contributed by atoms with Crippen molar-refractivity contribution in [1.82, 2.24) is 30.1 Å². The van der Waals surface area contributed by atoms with Gasteiger partial charge in [0.2, 0.25) is 0 Å². The van der Waals surface area contributed by atoms with Crippen molar-refractivity contribution in [2.45, 2.75) is 45.9 Å². The molecule has 0 bridgehead atoms. The van der Waals surface area contributed by atoms with Crippen molar-refractivity contribution in [3.8, 4) is 11.5 Å². The number of tetrazole rings is 1. The van der Waals surface area contributed by atoms with E-state index in [9.17, 15) is 4.79 Å². The molecule has 9 nitrogen and oxygen atoms in total. The molecule has 1 aliphatic rings. The summed E-state index contributed by atoms with van der Waals surface area (Å²) in [5.41, 5.74) is 2.52. The van der Waals surface area contributed by atoms with Crippen molar-refractivity contribution in [3.63, 3.8) is 0 Å². The maximum atomic E-state index is 13.3. The molecule has 0 aliphatic carbocycles. The molecule has 206 valence electrons. The van der Waals surface area contributed by atoms with Gasteiger partial charge in [-0.2, -0.15) is 0 Å². The molecule has 10 heteroatoms. The highest BCUT2D eigenvalue weighted by Crippen LogP contribution is 2.35. The van der Waals surface area contributed by atoms with Crippen molar-refractivity contribution in [3.05, 3.63) is 98.2 Å². The Bertz CT molecular complexity index is 1630. The fourth-order valence-corrected chi connectivity index (χ4v) is 6.05. The van der Waals surface area contributed by atoms with Crippen LogP contribution in [0.15, 0.2) is 70.8 Å². The van der Waals surface area contributed by atoms with E-state index in [1.165, 1.54) is 10.4 Å². The summed E-state index contributed by atoms with van der Waals surface area (Å²) in [7, 11) is 0. The summed E-state index contributed by atoms with van der Waals surface area (Å²) in [6, 6.07) is 20.2. The first-order valence-corrected chi connectivity index (χ1v) is 14.4. The molecule has 40 heavy (non-hydrogen) atoms. The normalized spacial score (nSPS) is 13.8. The van der Waals surface area contributed by atoms with E-state index in [0.29, 0.717) is 49.9 Å². The number of ether oxygens (including phenoxy) is 2. The van der Waals surface area contributed by atoms with Crippen molar-refractivity contribution >= 4 is 22.2 Å². The van der Waals surface area contributed by atoms with E-state index in [4.69, 9.17) is 9.47 Å². The van der Waals surface area contributed by atoms with Crippen LogP contribution in [0.2, 0.25) is 0 Å².